The molecular weight excluding hydrogens is 846 g/mol. The Morgan fingerprint density at radius 3 is 1.56 bits per heavy atom. The Kier molecular flexibility index (Phi) is 22.7. The van der Waals surface area contributed by atoms with Gasteiger partial charge < -0.3 is 73.8 Å². The number of carbonyl (C=O) groups is 13. The monoisotopic (exact) mass is 901 g/mol. The highest BCUT2D eigenvalue weighted by Crippen LogP contribution is 2.21. The standard InChI is InChI=1S/C36H55N9O18/c1-3-16(2)29(35(61)45-12-4-5-22(45)36(62)63)44-34(60)21(14-28(54)55)43-32(58)19(8-11-26(50)51)41-33(59)20(13-27(52)53)42-31(57)18(7-9-23(38)46)40-24(47)15-39-30(56)17(37)6-10-25(48)49/h16-22,29H,3-15,37H2,1-2H3,(H2,38,46)(H,39,56)(H,40,47)(H,41,59)(H,42,57)(H,43,58)(H,44,60)(H,48,49)(H,50,51)(H,52,53)(H,54,55)(H,62,63). The Hall–Kier alpha value is -6.93. The van der Waals surface area contributed by atoms with Crippen LogP contribution in [-0.2, 0) is 62.3 Å². The van der Waals surface area contributed by atoms with Gasteiger partial charge in [0.05, 0.1) is 25.4 Å². The van der Waals surface area contributed by atoms with Gasteiger partial charge in [0, 0.05) is 25.8 Å². The van der Waals surface area contributed by atoms with E-state index >= 15 is 0 Å². The van der Waals surface area contributed by atoms with Gasteiger partial charge >= 0.3 is 29.8 Å². The number of primary amides is 1. The summed E-state index contributed by atoms with van der Waals surface area (Å²) < 4.78 is 0. The first-order valence-electron chi connectivity index (χ1n) is 19.6. The molecule has 0 spiro atoms. The number of likely N-dealkylation sites (tertiary alicyclic amines) is 1. The molecular formula is C36H55N9O18. The zero-order valence-electron chi connectivity index (χ0n) is 34.5. The summed E-state index contributed by atoms with van der Waals surface area (Å²) >= 11 is 0. The van der Waals surface area contributed by atoms with Crippen molar-refractivity contribution < 1.29 is 87.9 Å². The van der Waals surface area contributed by atoms with Gasteiger partial charge in [-0.3, -0.25) is 57.5 Å². The number of nitrogens with two attached hydrogens (primary N) is 2. The maximum atomic E-state index is 13.6. The summed E-state index contributed by atoms with van der Waals surface area (Å²) in [6, 6.07) is -11.6. The van der Waals surface area contributed by atoms with Gasteiger partial charge in [-0.25, -0.2) is 4.79 Å². The second kappa shape index (κ2) is 26.4. The van der Waals surface area contributed by atoms with E-state index < -0.39 is 177 Å². The van der Waals surface area contributed by atoms with Crippen molar-refractivity contribution in [3.8, 4) is 0 Å². The zero-order valence-corrected chi connectivity index (χ0v) is 34.5. The van der Waals surface area contributed by atoms with Gasteiger partial charge in [-0.15, -0.1) is 0 Å². The Bertz CT molecular complexity index is 1760. The summed E-state index contributed by atoms with van der Waals surface area (Å²) in [7, 11) is 0. The molecule has 1 aliphatic heterocycles. The fourth-order valence-electron chi connectivity index (χ4n) is 6.03. The van der Waals surface area contributed by atoms with Crippen LogP contribution in [0.3, 0.4) is 0 Å². The van der Waals surface area contributed by atoms with E-state index in [9.17, 15) is 82.8 Å². The number of rotatable bonds is 29. The molecule has 0 radical (unpaired) electrons. The van der Waals surface area contributed by atoms with Crippen LogP contribution >= 0.6 is 0 Å². The van der Waals surface area contributed by atoms with Crippen LogP contribution in [0.1, 0.15) is 84.5 Å². The molecule has 0 aromatic carbocycles. The lowest BCUT2D eigenvalue weighted by Crippen LogP contribution is -2.60. The fraction of sp³-hybridized carbons (Fsp3) is 0.639. The van der Waals surface area contributed by atoms with Gasteiger partial charge in [0.25, 0.3) is 0 Å². The van der Waals surface area contributed by atoms with Gasteiger partial charge in [-0.1, -0.05) is 20.3 Å². The molecule has 15 N–H and O–H groups in total. The zero-order chi connectivity index (χ0) is 48.1. The van der Waals surface area contributed by atoms with E-state index in [1.165, 1.54) is 0 Å². The maximum Gasteiger partial charge on any atom is 0.326 e. The smallest absolute Gasteiger partial charge is 0.326 e. The molecule has 8 amide bonds. The first kappa shape index (κ1) is 54.1. The van der Waals surface area contributed by atoms with Crippen molar-refractivity contribution in [1.82, 2.24) is 36.8 Å². The van der Waals surface area contributed by atoms with Crippen molar-refractivity contribution in [3.05, 3.63) is 0 Å². The highest BCUT2D eigenvalue weighted by molar-refractivity contribution is 5.99. The van der Waals surface area contributed by atoms with E-state index in [2.05, 4.69) is 26.6 Å². The van der Waals surface area contributed by atoms with Gasteiger partial charge in [-0.05, 0) is 38.0 Å². The van der Waals surface area contributed by atoms with Crippen LogP contribution in [0.5, 0.6) is 0 Å². The van der Waals surface area contributed by atoms with Crippen molar-refractivity contribution in [1.29, 1.82) is 0 Å². The molecule has 63 heavy (non-hydrogen) atoms. The second-order valence-electron chi connectivity index (χ2n) is 14.6. The third-order valence-electron chi connectivity index (χ3n) is 9.66. The maximum absolute atomic E-state index is 13.6. The van der Waals surface area contributed by atoms with Crippen molar-refractivity contribution in [2.75, 3.05) is 13.1 Å². The van der Waals surface area contributed by atoms with Crippen LogP contribution in [0.2, 0.25) is 0 Å². The lowest BCUT2D eigenvalue weighted by atomic mass is 9.96. The van der Waals surface area contributed by atoms with Crippen molar-refractivity contribution in [2.45, 2.75) is 127 Å². The van der Waals surface area contributed by atoms with E-state index in [0.717, 1.165) is 4.90 Å². The van der Waals surface area contributed by atoms with Crippen LogP contribution in [0.4, 0.5) is 0 Å². The molecule has 0 aromatic heterocycles. The third kappa shape index (κ3) is 19.6. The van der Waals surface area contributed by atoms with Crippen molar-refractivity contribution in [3.63, 3.8) is 0 Å². The highest BCUT2D eigenvalue weighted by atomic mass is 16.4. The number of carbonyl (C=O) groups excluding carboxylic acids is 8. The molecule has 1 fully saturated rings. The quantitative estimate of drug-likeness (QED) is 0.0334. The van der Waals surface area contributed by atoms with Crippen LogP contribution in [0, 0.1) is 5.92 Å². The third-order valence-corrected chi connectivity index (χ3v) is 9.66. The topological polar surface area (TPSA) is 451 Å². The predicted octanol–water partition coefficient (Wildman–Crippen LogP) is -5.08. The molecule has 1 rings (SSSR count). The van der Waals surface area contributed by atoms with E-state index in [-0.39, 0.29) is 25.8 Å². The molecule has 0 aromatic rings. The van der Waals surface area contributed by atoms with Crippen molar-refractivity contribution >= 4 is 77.1 Å². The van der Waals surface area contributed by atoms with Gasteiger partial charge in [-0.2, -0.15) is 0 Å². The van der Waals surface area contributed by atoms with Gasteiger partial charge in [0.2, 0.25) is 47.3 Å². The number of hydrogen-bond acceptors (Lipinski definition) is 14. The average molecular weight is 902 g/mol. The summed E-state index contributed by atoms with van der Waals surface area (Å²) in [6.07, 6.45) is -4.94. The van der Waals surface area contributed by atoms with Crippen molar-refractivity contribution in [2.24, 2.45) is 17.4 Å². The largest absolute Gasteiger partial charge is 0.481 e. The Labute approximate surface area is 358 Å². The molecule has 27 heteroatoms. The number of carboxylic acids is 5. The molecule has 0 aliphatic carbocycles. The number of nitrogens with zero attached hydrogens (tertiary/aromatic N) is 1. The number of nitrogens with one attached hydrogen (secondary N) is 6. The van der Waals surface area contributed by atoms with E-state index in [0.29, 0.717) is 6.42 Å². The number of amides is 8. The summed E-state index contributed by atoms with van der Waals surface area (Å²) in [5, 5.41) is 59.7. The minimum Gasteiger partial charge on any atom is -0.481 e. The Balaban J connectivity index is 3.34. The first-order chi connectivity index (χ1) is 29.4. The fourth-order valence-corrected chi connectivity index (χ4v) is 6.03. The van der Waals surface area contributed by atoms with Gasteiger partial charge in [0.1, 0.15) is 36.3 Å². The van der Waals surface area contributed by atoms with Crippen LogP contribution in [0.15, 0.2) is 0 Å². The Morgan fingerprint density at radius 2 is 1.08 bits per heavy atom. The molecule has 1 heterocycles. The number of aliphatic carboxylic acids is 5. The van der Waals surface area contributed by atoms with Crippen LogP contribution < -0.4 is 43.4 Å². The first-order valence-corrected chi connectivity index (χ1v) is 19.6. The summed E-state index contributed by atoms with van der Waals surface area (Å²) in [5.41, 5.74) is 10.8. The lowest BCUT2D eigenvalue weighted by Gasteiger charge is -2.31. The highest BCUT2D eigenvalue weighted by Gasteiger charge is 2.41. The lowest BCUT2D eigenvalue weighted by molar-refractivity contribution is -0.150. The second-order valence-corrected chi connectivity index (χ2v) is 14.6. The minimum absolute atomic E-state index is 0.0545. The SMILES string of the molecule is CCC(C)C(NC(=O)C(CC(=O)O)NC(=O)C(CCC(=O)O)NC(=O)C(CC(=O)O)NC(=O)C(CCC(N)=O)NC(=O)CNC(=O)C(N)CCC(=O)O)C(=O)N1CCCC1C(=O)O. The molecule has 8 atom stereocenters. The number of carboxylic acid groups (broad SMARTS) is 5. The van der Waals surface area contributed by atoms with Crippen LogP contribution in [0.25, 0.3) is 0 Å². The molecule has 0 bridgehead atoms. The Morgan fingerprint density at radius 1 is 0.619 bits per heavy atom. The van der Waals surface area contributed by atoms with Gasteiger partial charge in [0.15, 0.2) is 0 Å². The van der Waals surface area contributed by atoms with E-state index in [4.69, 9.17) is 16.6 Å². The molecule has 27 nitrogen and oxygen atoms in total. The molecule has 1 saturated heterocycles. The average Bonchev–Trinajstić information content (AvgIpc) is 3.70. The summed E-state index contributed by atoms with van der Waals surface area (Å²) in [5.74, 6) is -17.0. The van der Waals surface area contributed by atoms with E-state index in [1.54, 1.807) is 13.8 Å². The van der Waals surface area contributed by atoms with Crippen LogP contribution in [-0.4, -0.2) is 163 Å². The predicted molar refractivity (Wildman–Crippen MR) is 209 cm³/mol. The summed E-state index contributed by atoms with van der Waals surface area (Å²) in [4.78, 5) is 163. The van der Waals surface area contributed by atoms with E-state index in [1.807, 2.05) is 5.32 Å². The molecule has 0 saturated carbocycles. The molecule has 352 valence electrons. The number of hydrogen-bond donors (Lipinski definition) is 13. The minimum atomic E-state index is -2.09. The molecule has 8 unspecified atom stereocenters. The summed E-state index contributed by atoms with van der Waals surface area (Å²) in [6.45, 7) is 2.45. The normalized spacial score (nSPS) is 16.6. The molecule has 1 aliphatic rings.